The molecule has 1 aromatic carbocycles. The Hall–Kier alpha value is -2.41. The number of benzene rings is 1. The van der Waals surface area contributed by atoms with Gasteiger partial charge in [0, 0.05) is 5.38 Å². The molecule has 2 aromatic rings. The largest absolute Gasteiger partial charge is 0.445 e. The zero-order chi connectivity index (χ0) is 16.7. The number of hydrogen-bond donors (Lipinski definition) is 2. The van der Waals surface area contributed by atoms with Crippen molar-refractivity contribution in [3.8, 4) is 0 Å². The minimum absolute atomic E-state index is 0.0779. The lowest BCUT2D eigenvalue weighted by Gasteiger charge is -2.21. The monoisotopic (exact) mass is 333 g/mol. The molecule has 0 fully saturated rings. The maximum atomic E-state index is 12.3. The van der Waals surface area contributed by atoms with Crippen molar-refractivity contribution in [2.45, 2.75) is 26.5 Å². The molecule has 122 valence electrons. The van der Waals surface area contributed by atoms with Gasteiger partial charge in [0.05, 0.1) is 11.9 Å². The number of nitrogens with zero attached hydrogens (tertiary/aromatic N) is 1. The Morgan fingerprint density at radius 3 is 2.61 bits per heavy atom. The summed E-state index contributed by atoms with van der Waals surface area (Å²) in [6.07, 6.45) is 0.944. The van der Waals surface area contributed by atoms with Crippen molar-refractivity contribution in [2.75, 3.05) is 5.32 Å². The molecule has 1 heterocycles. The summed E-state index contributed by atoms with van der Waals surface area (Å²) < 4.78 is 9.07. The summed E-state index contributed by atoms with van der Waals surface area (Å²) in [7, 11) is 0. The first-order valence-corrected chi connectivity index (χ1v) is 8.07. The summed E-state index contributed by atoms with van der Waals surface area (Å²) >= 11 is 1.24. The fraction of sp³-hybridized carbons (Fsp3) is 0.312. The van der Waals surface area contributed by atoms with Gasteiger partial charge in [0.2, 0.25) is 5.91 Å². The molecular formula is C16H19N3O3S. The highest BCUT2D eigenvalue weighted by Crippen LogP contribution is 2.11. The third kappa shape index (κ3) is 5.37. The van der Waals surface area contributed by atoms with E-state index in [-0.39, 0.29) is 18.4 Å². The van der Waals surface area contributed by atoms with E-state index in [1.54, 1.807) is 11.6 Å². The highest BCUT2D eigenvalue weighted by Gasteiger charge is 2.25. The van der Waals surface area contributed by atoms with Gasteiger partial charge in [-0.1, -0.05) is 44.2 Å². The smallest absolute Gasteiger partial charge is 0.408 e. The first-order valence-electron chi connectivity index (χ1n) is 7.23. The van der Waals surface area contributed by atoms with Crippen molar-refractivity contribution in [3.05, 3.63) is 47.5 Å². The molecule has 0 saturated heterocycles. The van der Waals surface area contributed by atoms with E-state index in [4.69, 9.17) is 4.74 Å². The predicted octanol–water partition coefficient (Wildman–Crippen LogP) is 3.03. The minimum Gasteiger partial charge on any atom is -0.445 e. The molecular weight excluding hydrogens is 314 g/mol. The topological polar surface area (TPSA) is 80.3 Å². The van der Waals surface area contributed by atoms with Crippen molar-refractivity contribution in [2.24, 2.45) is 5.92 Å². The second-order valence-electron chi connectivity index (χ2n) is 5.33. The molecule has 0 radical (unpaired) electrons. The zero-order valence-electron chi connectivity index (χ0n) is 13.0. The quantitative estimate of drug-likeness (QED) is 0.851. The van der Waals surface area contributed by atoms with Crippen molar-refractivity contribution in [1.29, 1.82) is 0 Å². The summed E-state index contributed by atoms with van der Waals surface area (Å²) in [5.41, 5.74) is 1.50. The highest BCUT2D eigenvalue weighted by atomic mass is 32.1. The first kappa shape index (κ1) is 17.0. The van der Waals surface area contributed by atoms with Crippen LogP contribution in [0, 0.1) is 5.92 Å². The maximum Gasteiger partial charge on any atom is 0.408 e. The lowest BCUT2D eigenvalue weighted by Crippen LogP contribution is -2.47. The Morgan fingerprint density at radius 2 is 2.00 bits per heavy atom. The molecule has 0 aliphatic carbocycles. The van der Waals surface area contributed by atoms with E-state index in [1.807, 2.05) is 44.2 Å². The second-order valence-corrected chi connectivity index (χ2v) is 5.99. The predicted molar refractivity (Wildman–Crippen MR) is 89.1 cm³/mol. The van der Waals surface area contributed by atoms with E-state index >= 15 is 0 Å². The molecule has 0 saturated carbocycles. The van der Waals surface area contributed by atoms with Gasteiger partial charge in [-0.15, -0.1) is 0 Å². The van der Waals surface area contributed by atoms with E-state index in [0.717, 1.165) is 5.56 Å². The van der Waals surface area contributed by atoms with Gasteiger partial charge in [-0.2, -0.15) is 4.37 Å². The van der Waals surface area contributed by atoms with Crippen molar-refractivity contribution in [3.63, 3.8) is 0 Å². The summed E-state index contributed by atoms with van der Waals surface area (Å²) in [6.45, 7) is 3.87. The molecule has 6 nitrogen and oxygen atoms in total. The van der Waals surface area contributed by atoms with Gasteiger partial charge < -0.3 is 15.4 Å². The lowest BCUT2D eigenvalue weighted by atomic mass is 10.0. The van der Waals surface area contributed by atoms with Crippen LogP contribution in [0.3, 0.4) is 0 Å². The average molecular weight is 333 g/mol. The number of hydrogen-bond acceptors (Lipinski definition) is 5. The number of nitrogens with one attached hydrogen (secondary N) is 2. The van der Waals surface area contributed by atoms with Crippen molar-refractivity contribution < 1.29 is 14.3 Å². The number of amides is 2. The summed E-state index contributed by atoms with van der Waals surface area (Å²) in [6, 6.07) is 8.68. The number of rotatable bonds is 6. The van der Waals surface area contributed by atoms with Crippen LogP contribution in [0.4, 0.5) is 10.5 Å². The molecule has 0 aliphatic rings. The zero-order valence-corrected chi connectivity index (χ0v) is 13.8. The first-order chi connectivity index (χ1) is 11.1. The van der Waals surface area contributed by atoms with E-state index < -0.39 is 12.1 Å². The Kier molecular flexibility index (Phi) is 6.10. The van der Waals surface area contributed by atoms with E-state index in [9.17, 15) is 9.59 Å². The van der Waals surface area contributed by atoms with Gasteiger partial charge in [-0.25, -0.2) is 4.79 Å². The second kappa shape index (κ2) is 8.28. The van der Waals surface area contributed by atoms with Crippen LogP contribution in [0.15, 0.2) is 41.9 Å². The van der Waals surface area contributed by atoms with Gasteiger partial charge in [-0.05, 0) is 23.0 Å². The Labute approximate surface area is 139 Å². The van der Waals surface area contributed by atoms with Crippen LogP contribution in [0.2, 0.25) is 0 Å². The van der Waals surface area contributed by atoms with Gasteiger partial charge >= 0.3 is 6.09 Å². The number of carbonyl (C=O) groups is 2. The number of ether oxygens (including phenoxy) is 1. The van der Waals surface area contributed by atoms with E-state index in [0.29, 0.717) is 5.69 Å². The number of aromatic nitrogens is 1. The molecule has 0 spiro atoms. The SMILES string of the molecule is CC(C)[C@H](NC(=O)OCc1ccccc1)C(=O)Nc1cnsc1. The van der Waals surface area contributed by atoms with Gasteiger partial charge in [0.15, 0.2) is 0 Å². The number of anilines is 1. The standard InChI is InChI=1S/C16H19N3O3S/c1-11(2)14(15(20)18-13-8-17-23-10-13)19-16(21)22-9-12-6-4-3-5-7-12/h3-8,10-11,14H,9H2,1-2H3,(H,18,20)(H,19,21)/t14-/m0/s1. The molecule has 2 amide bonds. The molecule has 0 unspecified atom stereocenters. The van der Waals surface area contributed by atoms with Crippen molar-refractivity contribution in [1.82, 2.24) is 9.69 Å². The third-order valence-electron chi connectivity index (χ3n) is 3.14. The molecule has 1 aromatic heterocycles. The molecule has 7 heteroatoms. The number of carbonyl (C=O) groups excluding carboxylic acids is 2. The summed E-state index contributed by atoms with van der Waals surface area (Å²) in [5.74, 6) is -0.372. The van der Waals surface area contributed by atoms with Crippen molar-refractivity contribution >= 4 is 29.2 Å². The molecule has 0 bridgehead atoms. The van der Waals surface area contributed by atoms with Crippen LogP contribution in [0.5, 0.6) is 0 Å². The lowest BCUT2D eigenvalue weighted by molar-refractivity contribution is -0.119. The van der Waals surface area contributed by atoms with Gasteiger partial charge in [0.25, 0.3) is 0 Å². The van der Waals surface area contributed by atoms with Crippen LogP contribution in [0.25, 0.3) is 0 Å². The van der Waals surface area contributed by atoms with Crippen LogP contribution in [-0.4, -0.2) is 22.4 Å². The Balaban J connectivity index is 1.88. The minimum atomic E-state index is -0.682. The number of alkyl carbamates (subject to hydrolysis) is 1. The van der Waals surface area contributed by atoms with E-state index in [2.05, 4.69) is 15.0 Å². The van der Waals surface area contributed by atoms with Crippen LogP contribution in [-0.2, 0) is 16.1 Å². The van der Waals surface area contributed by atoms with E-state index in [1.165, 1.54) is 11.5 Å². The van der Waals surface area contributed by atoms with Gasteiger partial charge in [-0.3, -0.25) is 4.79 Å². The molecule has 23 heavy (non-hydrogen) atoms. The normalized spacial score (nSPS) is 11.8. The Bertz CT molecular complexity index is 629. The summed E-state index contributed by atoms with van der Waals surface area (Å²) in [4.78, 5) is 24.2. The molecule has 0 aliphatic heterocycles. The van der Waals surface area contributed by atoms with Crippen LogP contribution in [0.1, 0.15) is 19.4 Å². The molecule has 2 rings (SSSR count). The highest BCUT2D eigenvalue weighted by molar-refractivity contribution is 7.04. The Morgan fingerprint density at radius 1 is 1.26 bits per heavy atom. The summed E-state index contributed by atoms with van der Waals surface area (Å²) in [5, 5.41) is 7.06. The molecule has 2 N–H and O–H groups in total. The fourth-order valence-electron chi connectivity index (χ4n) is 1.91. The third-order valence-corrected chi connectivity index (χ3v) is 3.72. The maximum absolute atomic E-state index is 12.3. The average Bonchev–Trinajstić information content (AvgIpc) is 3.04. The molecule has 1 atom stereocenters. The van der Waals surface area contributed by atoms with Crippen LogP contribution >= 0.6 is 11.5 Å². The van der Waals surface area contributed by atoms with Crippen LogP contribution < -0.4 is 10.6 Å². The van der Waals surface area contributed by atoms with Gasteiger partial charge in [0.1, 0.15) is 12.6 Å². The fourth-order valence-corrected chi connectivity index (χ4v) is 2.38.